The van der Waals surface area contributed by atoms with Gasteiger partial charge in [0.25, 0.3) is 0 Å². The highest BCUT2D eigenvalue weighted by Crippen LogP contribution is 2.41. The van der Waals surface area contributed by atoms with Crippen LogP contribution >= 0.6 is 0 Å². The maximum absolute atomic E-state index is 6.23. The lowest BCUT2D eigenvalue weighted by Gasteiger charge is -2.31. The van der Waals surface area contributed by atoms with Gasteiger partial charge in [-0.1, -0.05) is 53.7 Å². The zero-order valence-corrected chi connectivity index (χ0v) is 15.1. The maximum Gasteiger partial charge on any atom is 0.127 e. The Kier molecular flexibility index (Phi) is 5.49. The van der Waals surface area contributed by atoms with Gasteiger partial charge >= 0.3 is 0 Å². The molecular formula is C19H33NO. The van der Waals surface area contributed by atoms with E-state index in [0.717, 1.165) is 12.2 Å². The lowest BCUT2D eigenvalue weighted by molar-refractivity contribution is 0.230. The Morgan fingerprint density at radius 2 is 1.38 bits per heavy atom. The molecule has 2 N–H and O–H groups in total. The van der Waals surface area contributed by atoms with E-state index in [1.807, 2.05) is 0 Å². The summed E-state index contributed by atoms with van der Waals surface area (Å²) >= 11 is 0. The van der Waals surface area contributed by atoms with E-state index in [1.54, 1.807) is 0 Å². The molecule has 120 valence electrons. The van der Waals surface area contributed by atoms with Crippen LogP contribution in [-0.4, -0.2) is 12.6 Å². The van der Waals surface area contributed by atoms with Crippen LogP contribution in [0.15, 0.2) is 12.1 Å². The quantitative estimate of drug-likeness (QED) is 0.882. The molecule has 0 aliphatic rings. The van der Waals surface area contributed by atoms with Crippen LogP contribution in [0, 0.1) is 0 Å². The molecule has 0 spiro atoms. The summed E-state index contributed by atoms with van der Waals surface area (Å²) < 4.78 is 6.23. The first kappa shape index (κ1) is 18.0. The molecule has 0 unspecified atom stereocenters. The first-order valence-electron chi connectivity index (χ1n) is 8.01. The monoisotopic (exact) mass is 291 g/mol. The molecule has 1 rings (SSSR count). The first-order valence-corrected chi connectivity index (χ1v) is 8.01. The fourth-order valence-electron chi connectivity index (χ4n) is 2.48. The van der Waals surface area contributed by atoms with Gasteiger partial charge in [0.2, 0.25) is 0 Å². The van der Waals surface area contributed by atoms with Crippen molar-refractivity contribution in [1.82, 2.24) is 0 Å². The Bertz CT molecular complexity index is 440. The standard InChI is InChI=1S/C19H33NO/c1-13(2)21-17-15(18(3,4)5)11-14(9-10-20)12-16(17)19(6,7)8/h11-13H,9-10,20H2,1-8H3. The normalized spacial score (nSPS) is 12.9. The van der Waals surface area contributed by atoms with Crippen LogP contribution in [0.3, 0.4) is 0 Å². The molecule has 0 fully saturated rings. The third kappa shape index (κ3) is 4.74. The van der Waals surface area contributed by atoms with Crippen LogP contribution in [-0.2, 0) is 17.3 Å². The number of rotatable bonds is 4. The highest BCUT2D eigenvalue weighted by Gasteiger charge is 2.28. The minimum atomic E-state index is 0.0504. The van der Waals surface area contributed by atoms with E-state index >= 15 is 0 Å². The Hall–Kier alpha value is -1.02. The van der Waals surface area contributed by atoms with Crippen molar-refractivity contribution in [2.75, 3.05) is 6.54 Å². The van der Waals surface area contributed by atoms with Crippen molar-refractivity contribution >= 4 is 0 Å². The van der Waals surface area contributed by atoms with Crippen LogP contribution in [0.1, 0.15) is 72.1 Å². The highest BCUT2D eigenvalue weighted by molar-refractivity contribution is 5.51. The van der Waals surface area contributed by atoms with Crippen LogP contribution < -0.4 is 10.5 Å². The van der Waals surface area contributed by atoms with Crippen molar-refractivity contribution in [3.05, 3.63) is 28.8 Å². The summed E-state index contributed by atoms with van der Waals surface area (Å²) in [4.78, 5) is 0. The third-order valence-corrected chi connectivity index (χ3v) is 3.55. The van der Waals surface area contributed by atoms with Crippen molar-refractivity contribution < 1.29 is 4.74 Å². The molecule has 0 aromatic heterocycles. The van der Waals surface area contributed by atoms with E-state index in [4.69, 9.17) is 10.5 Å². The topological polar surface area (TPSA) is 35.2 Å². The van der Waals surface area contributed by atoms with Gasteiger partial charge in [-0.15, -0.1) is 0 Å². The minimum Gasteiger partial charge on any atom is -0.490 e. The summed E-state index contributed by atoms with van der Waals surface area (Å²) in [6, 6.07) is 4.56. The van der Waals surface area contributed by atoms with Crippen molar-refractivity contribution in [2.45, 2.75) is 78.7 Å². The second-order valence-electron chi connectivity index (χ2n) is 8.23. The number of ether oxygens (including phenoxy) is 1. The van der Waals surface area contributed by atoms with Gasteiger partial charge in [0.15, 0.2) is 0 Å². The van der Waals surface area contributed by atoms with Crippen molar-refractivity contribution in [1.29, 1.82) is 0 Å². The summed E-state index contributed by atoms with van der Waals surface area (Å²) in [6.07, 6.45) is 1.08. The maximum atomic E-state index is 6.23. The van der Waals surface area contributed by atoms with Crippen molar-refractivity contribution in [2.24, 2.45) is 5.73 Å². The molecule has 0 radical (unpaired) electrons. The Morgan fingerprint density at radius 1 is 0.952 bits per heavy atom. The van der Waals surface area contributed by atoms with E-state index in [9.17, 15) is 0 Å². The summed E-state index contributed by atoms with van der Waals surface area (Å²) in [5.41, 5.74) is 9.74. The van der Waals surface area contributed by atoms with Gasteiger partial charge < -0.3 is 10.5 Å². The molecule has 0 atom stereocenters. The average molecular weight is 291 g/mol. The van der Waals surface area contributed by atoms with Crippen LogP contribution in [0.25, 0.3) is 0 Å². The van der Waals surface area contributed by atoms with Gasteiger partial charge in [-0.05, 0) is 43.2 Å². The molecular weight excluding hydrogens is 258 g/mol. The molecule has 0 aliphatic carbocycles. The van der Waals surface area contributed by atoms with Crippen LogP contribution in [0.5, 0.6) is 5.75 Å². The zero-order chi connectivity index (χ0) is 16.4. The Labute approximate surface area is 131 Å². The predicted octanol–water partition coefficient (Wildman–Crippen LogP) is 4.57. The van der Waals surface area contributed by atoms with Gasteiger partial charge in [0.1, 0.15) is 5.75 Å². The van der Waals surface area contributed by atoms with Gasteiger partial charge in [-0.2, -0.15) is 0 Å². The molecule has 0 amide bonds. The molecule has 0 bridgehead atoms. The van der Waals surface area contributed by atoms with Gasteiger partial charge in [0, 0.05) is 11.1 Å². The zero-order valence-electron chi connectivity index (χ0n) is 15.1. The van der Waals surface area contributed by atoms with Gasteiger partial charge in [-0.25, -0.2) is 0 Å². The van der Waals surface area contributed by atoms with E-state index in [2.05, 4.69) is 67.5 Å². The highest BCUT2D eigenvalue weighted by atomic mass is 16.5. The van der Waals surface area contributed by atoms with Crippen molar-refractivity contribution in [3.8, 4) is 5.75 Å². The Balaban J connectivity index is 3.61. The van der Waals surface area contributed by atoms with Gasteiger partial charge in [0.05, 0.1) is 6.10 Å². The molecule has 0 aliphatic heterocycles. The summed E-state index contributed by atoms with van der Waals surface area (Å²) in [5, 5.41) is 0. The molecule has 0 saturated carbocycles. The first-order chi connectivity index (χ1) is 9.46. The lowest BCUT2D eigenvalue weighted by Crippen LogP contribution is -2.22. The SMILES string of the molecule is CC(C)Oc1c(C(C)(C)C)cc(CCN)cc1C(C)(C)C. The van der Waals surface area contributed by atoms with Crippen LogP contribution in [0.2, 0.25) is 0 Å². The summed E-state index contributed by atoms with van der Waals surface area (Å²) in [6.45, 7) is 18.3. The van der Waals surface area contributed by atoms with Gasteiger partial charge in [-0.3, -0.25) is 0 Å². The minimum absolute atomic E-state index is 0.0504. The summed E-state index contributed by atoms with van der Waals surface area (Å²) in [7, 11) is 0. The van der Waals surface area contributed by atoms with E-state index in [0.29, 0.717) is 6.54 Å². The van der Waals surface area contributed by atoms with E-state index in [1.165, 1.54) is 16.7 Å². The number of benzene rings is 1. The fraction of sp³-hybridized carbons (Fsp3) is 0.684. The van der Waals surface area contributed by atoms with Crippen molar-refractivity contribution in [3.63, 3.8) is 0 Å². The third-order valence-electron chi connectivity index (χ3n) is 3.55. The predicted molar refractivity (Wildman–Crippen MR) is 92.4 cm³/mol. The lowest BCUT2D eigenvalue weighted by atomic mass is 9.78. The van der Waals surface area contributed by atoms with Crippen LogP contribution in [0.4, 0.5) is 0 Å². The molecule has 0 saturated heterocycles. The largest absolute Gasteiger partial charge is 0.490 e. The molecule has 1 aromatic carbocycles. The van der Waals surface area contributed by atoms with E-state index < -0.39 is 0 Å². The second-order valence-corrected chi connectivity index (χ2v) is 8.23. The molecule has 0 heterocycles. The molecule has 2 nitrogen and oxygen atoms in total. The summed E-state index contributed by atoms with van der Waals surface area (Å²) in [5.74, 6) is 1.06. The van der Waals surface area contributed by atoms with E-state index in [-0.39, 0.29) is 16.9 Å². The number of hydrogen-bond donors (Lipinski definition) is 1. The molecule has 21 heavy (non-hydrogen) atoms. The number of nitrogens with two attached hydrogens (primary N) is 1. The second kappa shape index (κ2) is 6.39. The average Bonchev–Trinajstić information content (AvgIpc) is 2.27. The fourth-order valence-corrected chi connectivity index (χ4v) is 2.48. The smallest absolute Gasteiger partial charge is 0.127 e. The Morgan fingerprint density at radius 3 is 1.67 bits per heavy atom. The molecule has 2 heteroatoms. The molecule has 1 aromatic rings. The number of hydrogen-bond acceptors (Lipinski definition) is 2.